The SMILES string of the molecule is COCc1ccccc1NC(N)=NCC(=O)N1CCc2ccccc21. The Morgan fingerprint density at radius 2 is 2.00 bits per heavy atom. The molecule has 25 heavy (non-hydrogen) atoms. The van der Waals surface area contributed by atoms with Crippen molar-refractivity contribution >= 4 is 23.2 Å². The lowest BCUT2D eigenvalue weighted by Crippen LogP contribution is -2.32. The third kappa shape index (κ3) is 3.97. The van der Waals surface area contributed by atoms with Crippen LogP contribution in [0.15, 0.2) is 53.5 Å². The summed E-state index contributed by atoms with van der Waals surface area (Å²) in [7, 11) is 1.64. The van der Waals surface area contributed by atoms with E-state index < -0.39 is 0 Å². The third-order valence-corrected chi connectivity index (χ3v) is 4.15. The molecule has 0 spiro atoms. The number of nitrogens with zero attached hydrogens (tertiary/aromatic N) is 2. The average molecular weight is 338 g/mol. The van der Waals surface area contributed by atoms with Crippen LogP contribution in [0.5, 0.6) is 0 Å². The van der Waals surface area contributed by atoms with Gasteiger partial charge in [-0.2, -0.15) is 0 Å². The smallest absolute Gasteiger partial charge is 0.248 e. The first-order chi connectivity index (χ1) is 12.2. The van der Waals surface area contributed by atoms with Crippen molar-refractivity contribution in [2.75, 3.05) is 30.4 Å². The van der Waals surface area contributed by atoms with Gasteiger partial charge >= 0.3 is 0 Å². The highest BCUT2D eigenvalue weighted by atomic mass is 16.5. The van der Waals surface area contributed by atoms with Crippen LogP contribution in [0.25, 0.3) is 0 Å². The normalized spacial score (nSPS) is 13.6. The molecule has 0 fully saturated rings. The van der Waals surface area contributed by atoms with E-state index in [0.29, 0.717) is 13.2 Å². The van der Waals surface area contributed by atoms with Crippen molar-refractivity contribution in [3.8, 4) is 0 Å². The van der Waals surface area contributed by atoms with E-state index in [1.54, 1.807) is 12.0 Å². The van der Waals surface area contributed by atoms with Crippen LogP contribution in [0.2, 0.25) is 0 Å². The second-order valence-corrected chi connectivity index (χ2v) is 5.84. The average Bonchev–Trinajstić information content (AvgIpc) is 3.06. The van der Waals surface area contributed by atoms with Gasteiger partial charge in [0.05, 0.1) is 6.61 Å². The molecule has 1 heterocycles. The molecule has 3 N–H and O–H groups in total. The van der Waals surface area contributed by atoms with Gasteiger partial charge in [-0.15, -0.1) is 0 Å². The molecule has 2 aromatic carbocycles. The van der Waals surface area contributed by atoms with E-state index >= 15 is 0 Å². The molecule has 1 amide bonds. The quantitative estimate of drug-likeness (QED) is 0.647. The summed E-state index contributed by atoms with van der Waals surface area (Å²) < 4.78 is 5.17. The van der Waals surface area contributed by atoms with E-state index in [9.17, 15) is 4.79 Å². The van der Waals surface area contributed by atoms with Gasteiger partial charge in [-0.25, -0.2) is 4.99 Å². The van der Waals surface area contributed by atoms with E-state index in [-0.39, 0.29) is 18.4 Å². The van der Waals surface area contributed by atoms with Crippen molar-refractivity contribution in [1.82, 2.24) is 0 Å². The maximum Gasteiger partial charge on any atom is 0.248 e. The van der Waals surface area contributed by atoms with Crippen molar-refractivity contribution in [2.45, 2.75) is 13.0 Å². The van der Waals surface area contributed by atoms with Gasteiger partial charge in [-0.05, 0) is 24.1 Å². The molecule has 0 atom stereocenters. The number of anilines is 2. The number of carbonyl (C=O) groups excluding carboxylic acids is 1. The monoisotopic (exact) mass is 338 g/mol. The van der Waals surface area contributed by atoms with Crippen LogP contribution in [-0.2, 0) is 22.6 Å². The number of fused-ring (bicyclic) bond motifs is 1. The van der Waals surface area contributed by atoms with Crippen molar-refractivity contribution < 1.29 is 9.53 Å². The summed E-state index contributed by atoms with van der Waals surface area (Å²) in [5.74, 6) is 0.157. The Morgan fingerprint density at radius 3 is 2.84 bits per heavy atom. The van der Waals surface area contributed by atoms with Crippen LogP contribution in [0.3, 0.4) is 0 Å². The van der Waals surface area contributed by atoms with E-state index in [1.165, 1.54) is 5.56 Å². The number of rotatable bonds is 5. The number of ether oxygens (including phenoxy) is 1. The van der Waals surface area contributed by atoms with Crippen molar-refractivity contribution in [3.63, 3.8) is 0 Å². The molecule has 0 saturated carbocycles. The molecule has 130 valence electrons. The summed E-state index contributed by atoms with van der Waals surface area (Å²) in [6.07, 6.45) is 0.879. The number of nitrogens with one attached hydrogen (secondary N) is 1. The number of hydrogen-bond donors (Lipinski definition) is 2. The molecule has 0 aliphatic carbocycles. The molecule has 0 unspecified atom stereocenters. The second kappa shape index (κ2) is 7.81. The van der Waals surface area contributed by atoms with E-state index in [1.807, 2.05) is 42.5 Å². The standard InChI is InChI=1S/C19H22N4O2/c1-25-13-15-7-2-4-8-16(15)22-19(20)21-12-18(24)23-11-10-14-6-3-5-9-17(14)23/h2-9H,10-13H2,1H3,(H3,20,21,22). The van der Waals surface area contributed by atoms with E-state index in [2.05, 4.69) is 16.4 Å². The highest BCUT2D eigenvalue weighted by Crippen LogP contribution is 2.27. The number of nitrogens with two attached hydrogens (primary N) is 1. The number of amides is 1. The second-order valence-electron chi connectivity index (χ2n) is 5.84. The number of hydrogen-bond acceptors (Lipinski definition) is 3. The molecule has 2 aromatic rings. The summed E-state index contributed by atoms with van der Waals surface area (Å²) in [5, 5.41) is 3.04. The van der Waals surface area contributed by atoms with Crippen LogP contribution in [0.4, 0.5) is 11.4 Å². The predicted octanol–water partition coefficient (Wildman–Crippen LogP) is 2.15. The van der Waals surface area contributed by atoms with Gasteiger partial charge in [0.1, 0.15) is 6.54 Å². The van der Waals surface area contributed by atoms with Crippen LogP contribution < -0.4 is 16.0 Å². The lowest BCUT2D eigenvalue weighted by Gasteiger charge is -2.16. The Morgan fingerprint density at radius 1 is 1.24 bits per heavy atom. The molecular weight excluding hydrogens is 316 g/mol. The molecule has 3 rings (SSSR count). The molecule has 0 saturated heterocycles. The number of aliphatic imine (C=N–C) groups is 1. The third-order valence-electron chi connectivity index (χ3n) is 4.15. The molecule has 1 aliphatic rings. The van der Waals surface area contributed by atoms with E-state index in [0.717, 1.165) is 23.4 Å². The summed E-state index contributed by atoms with van der Waals surface area (Å²) in [6.45, 7) is 1.18. The first-order valence-electron chi connectivity index (χ1n) is 8.21. The van der Waals surface area contributed by atoms with Gasteiger partial charge in [0.2, 0.25) is 5.91 Å². The van der Waals surface area contributed by atoms with Gasteiger partial charge in [0.25, 0.3) is 0 Å². The zero-order valence-electron chi connectivity index (χ0n) is 14.2. The lowest BCUT2D eigenvalue weighted by molar-refractivity contribution is -0.117. The lowest BCUT2D eigenvalue weighted by atomic mass is 10.2. The maximum absolute atomic E-state index is 12.4. The first-order valence-corrected chi connectivity index (χ1v) is 8.21. The van der Waals surface area contributed by atoms with Crippen molar-refractivity contribution in [3.05, 3.63) is 59.7 Å². The largest absolute Gasteiger partial charge is 0.380 e. The summed E-state index contributed by atoms with van der Waals surface area (Å²) in [5.41, 5.74) is 9.90. The fourth-order valence-corrected chi connectivity index (χ4v) is 2.94. The minimum atomic E-state index is -0.0557. The van der Waals surface area contributed by atoms with Gasteiger partial charge in [-0.1, -0.05) is 36.4 Å². The molecule has 6 nitrogen and oxygen atoms in total. The maximum atomic E-state index is 12.4. The number of guanidine groups is 1. The number of carbonyl (C=O) groups is 1. The summed E-state index contributed by atoms with van der Waals surface area (Å²) in [4.78, 5) is 18.4. The topological polar surface area (TPSA) is 80.0 Å². The Balaban J connectivity index is 1.63. The zero-order valence-corrected chi connectivity index (χ0v) is 14.2. The first kappa shape index (κ1) is 17.0. The van der Waals surface area contributed by atoms with Crippen LogP contribution in [0, 0.1) is 0 Å². The van der Waals surface area contributed by atoms with Gasteiger partial charge in [0.15, 0.2) is 5.96 Å². The minimum Gasteiger partial charge on any atom is -0.380 e. The number of methoxy groups -OCH3 is 1. The van der Waals surface area contributed by atoms with Gasteiger partial charge in [0, 0.05) is 30.6 Å². The molecule has 1 aliphatic heterocycles. The Bertz CT molecular complexity index is 788. The molecule has 0 aromatic heterocycles. The van der Waals surface area contributed by atoms with Gasteiger partial charge in [-0.3, -0.25) is 4.79 Å². The van der Waals surface area contributed by atoms with Crippen LogP contribution in [-0.4, -0.2) is 32.1 Å². The van der Waals surface area contributed by atoms with Gasteiger partial charge < -0.3 is 20.7 Å². The minimum absolute atomic E-state index is 0.0135. The molecular formula is C19H22N4O2. The Labute approximate surface area is 147 Å². The summed E-state index contributed by atoms with van der Waals surface area (Å²) >= 11 is 0. The van der Waals surface area contributed by atoms with Crippen LogP contribution in [0.1, 0.15) is 11.1 Å². The highest BCUT2D eigenvalue weighted by Gasteiger charge is 2.23. The fourth-order valence-electron chi connectivity index (χ4n) is 2.94. The van der Waals surface area contributed by atoms with Crippen LogP contribution >= 0.6 is 0 Å². The molecule has 0 bridgehead atoms. The zero-order chi connectivity index (χ0) is 17.6. The summed E-state index contributed by atoms with van der Waals surface area (Å²) in [6, 6.07) is 15.6. The number of benzene rings is 2. The van der Waals surface area contributed by atoms with Crippen molar-refractivity contribution in [2.24, 2.45) is 10.7 Å². The molecule has 0 radical (unpaired) electrons. The Hall–Kier alpha value is -2.86. The van der Waals surface area contributed by atoms with E-state index in [4.69, 9.17) is 10.5 Å². The Kier molecular flexibility index (Phi) is 5.30. The predicted molar refractivity (Wildman–Crippen MR) is 99.8 cm³/mol. The molecule has 6 heteroatoms. The highest BCUT2D eigenvalue weighted by molar-refractivity contribution is 5.99. The van der Waals surface area contributed by atoms with Crippen molar-refractivity contribution in [1.29, 1.82) is 0 Å². The fraction of sp³-hybridized carbons (Fsp3) is 0.263. The number of para-hydroxylation sites is 2.